The third-order valence-corrected chi connectivity index (χ3v) is 1.27. The van der Waals surface area contributed by atoms with Crippen LogP contribution in [-0.2, 0) is 9.47 Å². The van der Waals surface area contributed by atoms with Crippen LogP contribution in [0.5, 0.6) is 0 Å². The second-order valence-electron chi connectivity index (χ2n) is 1.83. The van der Waals surface area contributed by atoms with Crippen molar-refractivity contribution in [3.05, 3.63) is 0 Å². The number of epoxide rings is 1. The molecule has 1 aliphatic rings. The Morgan fingerprint density at radius 2 is 2.62 bits per heavy atom. The molecule has 1 aliphatic heterocycles. The van der Waals surface area contributed by atoms with E-state index >= 15 is 0 Å². The molecule has 0 bridgehead atoms. The molecule has 1 saturated heterocycles. The van der Waals surface area contributed by atoms with Gasteiger partial charge in [-0.15, -0.1) is 0 Å². The monoisotopic (exact) mass is 228 g/mol. The van der Waals surface area contributed by atoms with Crippen LogP contribution in [0.15, 0.2) is 0 Å². The van der Waals surface area contributed by atoms with Crippen molar-refractivity contribution in [1.29, 1.82) is 0 Å². The standard InChI is InChI=1S/C5H9IO2/c1-4(6)7-2-5-3-8-5/h4-5H,2-3H2,1H3. The van der Waals surface area contributed by atoms with Crippen LogP contribution < -0.4 is 0 Å². The van der Waals surface area contributed by atoms with Crippen LogP contribution >= 0.6 is 22.6 Å². The van der Waals surface area contributed by atoms with E-state index < -0.39 is 0 Å². The van der Waals surface area contributed by atoms with Crippen molar-refractivity contribution < 1.29 is 9.47 Å². The minimum Gasteiger partial charge on any atom is -0.371 e. The Bertz CT molecular complexity index is 68.8. The van der Waals surface area contributed by atoms with E-state index in [9.17, 15) is 0 Å². The summed E-state index contributed by atoms with van der Waals surface area (Å²) in [5, 5.41) is 0. The van der Waals surface area contributed by atoms with E-state index in [4.69, 9.17) is 9.47 Å². The summed E-state index contributed by atoms with van der Waals surface area (Å²) in [7, 11) is 0. The molecule has 0 N–H and O–H groups in total. The van der Waals surface area contributed by atoms with Gasteiger partial charge in [0.15, 0.2) is 0 Å². The Morgan fingerprint density at radius 3 is 3.00 bits per heavy atom. The van der Waals surface area contributed by atoms with Crippen molar-refractivity contribution in [3.63, 3.8) is 0 Å². The van der Waals surface area contributed by atoms with Crippen molar-refractivity contribution in [2.24, 2.45) is 0 Å². The van der Waals surface area contributed by atoms with E-state index in [2.05, 4.69) is 22.6 Å². The highest BCUT2D eigenvalue weighted by atomic mass is 127. The van der Waals surface area contributed by atoms with Crippen molar-refractivity contribution in [2.45, 2.75) is 17.1 Å². The molecule has 0 radical (unpaired) electrons. The molecule has 0 aromatic rings. The first-order valence-corrected chi connectivity index (χ1v) is 3.91. The molecule has 1 fully saturated rings. The summed E-state index contributed by atoms with van der Waals surface area (Å²) in [6.45, 7) is 3.68. The third kappa shape index (κ3) is 2.84. The smallest absolute Gasteiger partial charge is 0.106 e. The van der Waals surface area contributed by atoms with Crippen LogP contribution in [0.25, 0.3) is 0 Å². The van der Waals surface area contributed by atoms with Crippen LogP contribution in [0.4, 0.5) is 0 Å². The van der Waals surface area contributed by atoms with Gasteiger partial charge in [-0.3, -0.25) is 0 Å². The molecule has 0 amide bonds. The van der Waals surface area contributed by atoms with Crippen molar-refractivity contribution in [2.75, 3.05) is 13.2 Å². The van der Waals surface area contributed by atoms with Gasteiger partial charge in [0.25, 0.3) is 0 Å². The summed E-state index contributed by atoms with van der Waals surface area (Å²) >= 11 is 2.23. The third-order valence-electron chi connectivity index (χ3n) is 0.914. The van der Waals surface area contributed by atoms with E-state index in [1.54, 1.807) is 0 Å². The minimum absolute atomic E-state index is 0.316. The predicted molar refractivity (Wildman–Crippen MR) is 39.2 cm³/mol. The van der Waals surface area contributed by atoms with Crippen LogP contribution in [0, 0.1) is 0 Å². The summed E-state index contributed by atoms with van der Waals surface area (Å²) in [5.41, 5.74) is 0. The first-order valence-electron chi connectivity index (χ1n) is 2.66. The Labute approximate surface area is 62.7 Å². The van der Waals surface area contributed by atoms with E-state index in [1.165, 1.54) is 0 Å². The van der Waals surface area contributed by atoms with Gasteiger partial charge in [-0.25, -0.2) is 0 Å². The van der Waals surface area contributed by atoms with Gasteiger partial charge in [-0.05, 0) is 6.92 Å². The molecule has 0 aliphatic carbocycles. The normalized spacial score (nSPS) is 30.0. The second-order valence-corrected chi connectivity index (χ2v) is 3.59. The highest BCUT2D eigenvalue weighted by Crippen LogP contribution is 2.11. The fourth-order valence-electron chi connectivity index (χ4n) is 0.404. The SMILES string of the molecule is CC(I)OCC1CO1. The summed E-state index contributed by atoms with van der Waals surface area (Å²) in [6.07, 6.45) is 0.409. The topological polar surface area (TPSA) is 21.8 Å². The zero-order chi connectivity index (χ0) is 5.98. The van der Waals surface area contributed by atoms with Crippen molar-refractivity contribution in [3.8, 4) is 0 Å². The quantitative estimate of drug-likeness (QED) is 0.411. The maximum Gasteiger partial charge on any atom is 0.106 e. The molecule has 1 heterocycles. The first kappa shape index (κ1) is 6.77. The molecule has 0 spiro atoms. The number of ether oxygens (including phenoxy) is 2. The average Bonchev–Trinajstić information content (AvgIpc) is 2.41. The van der Waals surface area contributed by atoms with Crippen LogP contribution in [0.2, 0.25) is 0 Å². The van der Waals surface area contributed by atoms with Gasteiger partial charge in [0, 0.05) is 0 Å². The maximum absolute atomic E-state index is 5.23. The van der Waals surface area contributed by atoms with Crippen molar-refractivity contribution in [1.82, 2.24) is 0 Å². The molecular formula is C5H9IO2. The van der Waals surface area contributed by atoms with E-state index in [0.717, 1.165) is 13.2 Å². The minimum atomic E-state index is 0.316. The van der Waals surface area contributed by atoms with Gasteiger partial charge in [0.05, 0.1) is 13.2 Å². The molecule has 0 saturated carbocycles. The summed E-state index contributed by atoms with van der Waals surface area (Å²) < 4.78 is 10.5. The summed E-state index contributed by atoms with van der Waals surface area (Å²) in [4.78, 5) is 0. The Hall–Kier alpha value is 0.650. The van der Waals surface area contributed by atoms with Gasteiger partial charge in [0.2, 0.25) is 0 Å². The Morgan fingerprint density at radius 1 is 2.00 bits per heavy atom. The number of halogens is 1. The van der Waals surface area contributed by atoms with Gasteiger partial charge in [-0.2, -0.15) is 0 Å². The highest BCUT2D eigenvalue weighted by Gasteiger charge is 2.22. The molecule has 3 heteroatoms. The number of hydrogen-bond donors (Lipinski definition) is 0. The second kappa shape index (κ2) is 2.98. The van der Waals surface area contributed by atoms with Crippen LogP contribution in [0.3, 0.4) is 0 Å². The predicted octanol–water partition coefficient (Wildman–Crippen LogP) is 1.18. The molecule has 0 aromatic carbocycles. The lowest BCUT2D eigenvalue weighted by Gasteiger charge is -2.01. The van der Waals surface area contributed by atoms with E-state index in [1.807, 2.05) is 6.92 Å². The molecule has 2 nitrogen and oxygen atoms in total. The fourth-order valence-corrected chi connectivity index (χ4v) is 0.612. The van der Waals surface area contributed by atoms with E-state index in [0.29, 0.717) is 10.2 Å². The Balaban J connectivity index is 1.87. The largest absolute Gasteiger partial charge is 0.371 e. The van der Waals surface area contributed by atoms with Crippen LogP contribution in [0.1, 0.15) is 6.92 Å². The van der Waals surface area contributed by atoms with Crippen LogP contribution in [-0.4, -0.2) is 23.4 Å². The molecule has 48 valence electrons. The van der Waals surface area contributed by atoms with E-state index in [-0.39, 0.29) is 0 Å². The van der Waals surface area contributed by atoms with Gasteiger partial charge in [-0.1, -0.05) is 22.6 Å². The average molecular weight is 228 g/mol. The molecule has 2 unspecified atom stereocenters. The first-order chi connectivity index (χ1) is 3.79. The number of hydrogen-bond acceptors (Lipinski definition) is 2. The molecule has 2 atom stereocenters. The molecule has 8 heavy (non-hydrogen) atoms. The highest BCUT2D eigenvalue weighted by molar-refractivity contribution is 14.1. The van der Waals surface area contributed by atoms with Gasteiger partial charge >= 0.3 is 0 Å². The number of rotatable bonds is 3. The molecule has 1 rings (SSSR count). The van der Waals surface area contributed by atoms with Crippen molar-refractivity contribution >= 4 is 22.6 Å². The molecule has 0 aromatic heterocycles. The van der Waals surface area contributed by atoms with Gasteiger partial charge < -0.3 is 9.47 Å². The van der Waals surface area contributed by atoms with Gasteiger partial charge in [0.1, 0.15) is 10.2 Å². The number of alkyl halides is 1. The summed E-state index contributed by atoms with van der Waals surface area (Å²) in [6, 6.07) is 0. The molecular weight excluding hydrogens is 219 g/mol. The zero-order valence-corrected chi connectivity index (χ0v) is 6.92. The lowest BCUT2D eigenvalue weighted by atomic mass is 10.5. The lowest BCUT2D eigenvalue weighted by molar-refractivity contribution is 0.116. The lowest BCUT2D eigenvalue weighted by Crippen LogP contribution is -2.05. The summed E-state index contributed by atoms with van der Waals surface area (Å²) in [5.74, 6) is 0. The Kier molecular flexibility index (Phi) is 2.52. The zero-order valence-electron chi connectivity index (χ0n) is 4.76. The fraction of sp³-hybridized carbons (Fsp3) is 1.00. The maximum atomic E-state index is 5.23.